The Balaban J connectivity index is 2.41. The van der Waals surface area contributed by atoms with Gasteiger partial charge in [-0.1, -0.05) is 12.1 Å². The van der Waals surface area contributed by atoms with Crippen LogP contribution in [0.25, 0.3) is 0 Å². The average Bonchev–Trinajstić information content (AvgIpc) is 2.63. The molecule has 1 aromatic carbocycles. The van der Waals surface area contributed by atoms with Crippen molar-refractivity contribution >= 4 is 11.6 Å². The zero-order valence-corrected chi connectivity index (χ0v) is 7.70. The quantitative estimate of drug-likeness (QED) is 0.727. The molecule has 5 heteroatoms. The van der Waals surface area contributed by atoms with Gasteiger partial charge in [-0.05, 0) is 12.1 Å². The van der Waals surface area contributed by atoms with Gasteiger partial charge in [0, 0.05) is 11.8 Å². The second kappa shape index (κ2) is 3.53. The van der Waals surface area contributed by atoms with Gasteiger partial charge >= 0.3 is 0 Å². The number of nitrogen functional groups attached to an aromatic ring is 1. The fourth-order valence-corrected chi connectivity index (χ4v) is 1.27. The molecule has 3 N–H and O–H groups in total. The number of carbonyl (C=O) groups excluding carboxylic acids is 1. The summed E-state index contributed by atoms with van der Waals surface area (Å²) in [6, 6.07) is 5.43. The van der Waals surface area contributed by atoms with Gasteiger partial charge in [0.25, 0.3) is 0 Å². The first-order chi connectivity index (χ1) is 7.18. The molecular weight excluding hydrogens is 197 g/mol. The molecule has 1 aromatic heterocycles. The zero-order chi connectivity index (χ0) is 10.8. The van der Waals surface area contributed by atoms with Gasteiger partial charge < -0.3 is 5.73 Å². The molecule has 0 aliphatic carbocycles. The standard InChI is InChI=1S/C10H8FN3O/c11-7-3-1-2-6(4-7)9(15)8-5-13-14-10(8)12/h1-5H,(H3,12,13,14). The van der Waals surface area contributed by atoms with Gasteiger partial charge in [0.15, 0.2) is 11.6 Å². The number of H-pyrrole nitrogens is 1. The third-order valence-corrected chi connectivity index (χ3v) is 2.00. The Bertz CT molecular complexity index is 507. The van der Waals surface area contributed by atoms with Crippen molar-refractivity contribution in [1.82, 2.24) is 10.2 Å². The molecule has 76 valence electrons. The molecule has 0 atom stereocenters. The van der Waals surface area contributed by atoms with Crippen LogP contribution >= 0.6 is 0 Å². The number of carbonyl (C=O) groups is 1. The number of nitrogens with two attached hydrogens (primary N) is 1. The second-order valence-electron chi connectivity index (χ2n) is 3.02. The molecule has 4 nitrogen and oxygen atoms in total. The summed E-state index contributed by atoms with van der Waals surface area (Å²) in [5, 5.41) is 6.10. The van der Waals surface area contributed by atoms with E-state index >= 15 is 0 Å². The number of halogens is 1. The van der Waals surface area contributed by atoms with E-state index < -0.39 is 5.82 Å². The molecule has 0 amide bonds. The Labute approximate surface area is 84.9 Å². The molecule has 0 aliphatic rings. The molecular formula is C10H8FN3O. The molecule has 0 unspecified atom stereocenters. The van der Waals surface area contributed by atoms with Gasteiger partial charge in [0.05, 0.1) is 5.56 Å². The molecule has 0 bridgehead atoms. The van der Waals surface area contributed by atoms with Crippen molar-refractivity contribution < 1.29 is 9.18 Å². The van der Waals surface area contributed by atoms with E-state index in [1.54, 1.807) is 0 Å². The highest BCUT2D eigenvalue weighted by Gasteiger charge is 2.14. The van der Waals surface area contributed by atoms with Crippen LogP contribution in [-0.2, 0) is 0 Å². The van der Waals surface area contributed by atoms with Crippen molar-refractivity contribution in [3.8, 4) is 0 Å². The van der Waals surface area contributed by atoms with Gasteiger partial charge in [-0.15, -0.1) is 0 Å². The summed E-state index contributed by atoms with van der Waals surface area (Å²) >= 11 is 0. The first-order valence-corrected chi connectivity index (χ1v) is 4.28. The van der Waals surface area contributed by atoms with Crippen LogP contribution in [-0.4, -0.2) is 16.0 Å². The van der Waals surface area contributed by atoms with E-state index in [2.05, 4.69) is 10.2 Å². The van der Waals surface area contributed by atoms with Crippen LogP contribution in [0.2, 0.25) is 0 Å². The van der Waals surface area contributed by atoms with Crippen molar-refractivity contribution in [2.24, 2.45) is 0 Å². The van der Waals surface area contributed by atoms with Crippen LogP contribution in [0.15, 0.2) is 30.5 Å². The van der Waals surface area contributed by atoms with E-state index in [0.29, 0.717) is 0 Å². The van der Waals surface area contributed by atoms with Crippen LogP contribution in [0, 0.1) is 5.82 Å². The Morgan fingerprint density at radius 1 is 1.47 bits per heavy atom. The lowest BCUT2D eigenvalue weighted by atomic mass is 10.1. The molecule has 0 aliphatic heterocycles. The van der Waals surface area contributed by atoms with Gasteiger partial charge in [-0.25, -0.2) is 4.39 Å². The van der Waals surface area contributed by atoms with Crippen molar-refractivity contribution in [3.63, 3.8) is 0 Å². The first-order valence-electron chi connectivity index (χ1n) is 4.28. The largest absolute Gasteiger partial charge is 0.382 e. The van der Waals surface area contributed by atoms with Crippen LogP contribution < -0.4 is 5.73 Å². The van der Waals surface area contributed by atoms with Crippen molar-refractivity contribution in [1.29, 1.82) is 0 Å². The van der Waals surface area contributed by atoms with Crippen LogP contribution in [0.5, 0.6) is 0 Å². The topological polar surface area (TPSA) is 71.8 Å². The molecule has 15 heavy (non-hydrogen) atoms. The second-order valence-corrected chi connectivity index (χ2v) is 3.02. The lowest BCUT2D eigenvalue weighted by molar-refractivity contribution is 0.103. The maximum absolute atomic E-state index is 12.9. The Morgan fingerprint density at radius 2 is 2.27 bits per heavy atom. The first kappa shape index (κ1) is 9.39. The Hall–Kier alpha value is -2.17. The van der Waals surface area contributed by atoms with E-state index in [1.165, 1.54) is 24.4 Å². The number of aromatic amines is 1. The summed E-state index contributed by atoms with van der Waals surface area (Å²) in [6.07, 6.45) is 1.39. The highest BCUT2D eigenvalue weighted by atomic mass is 19.1. The van der Waals surface area contributed by atoms with Gasteiger partial charge in [0.2, 0.25) is 0 Å². The molecule has 0 spiro atoms. The maximum atomic E-state index is 12.9. The highest BCUT2D eigenvalue weighted by molar-refractivity contribution is 6.11. The van der Waals surface area contributed by atoms with Crippen molar-refractivity contribution in [3.05, 3.63) is 47.4 Å². The zero-order valence-electron chi connectivity index (χ0n) is 7.70. The predicted molar refractivity (Wildman–Crippen MR) is 52.8 cm³/mol. The monoisotopic (exact) mass is 205 g/mol. The van der Waals surface area contributed by atoms with Crippen molar-refractivity contribution in [2.75, 3.05) is 5.73 Å². The molecule has 0 fully saturated rings. The lowest BCUT2D eigenvalue weighted by Gasteiger charge is -1.98. The Morgan fingerprint density at radius 3 is 2.87 bits per heavy atom. The average molecular weight is 205 g/mol. The fourth-order valence-electron chi connectivity index (χ4n) is 1.27. The number of aromatic nitrogens is 2. The maximum Gasteiger partial charge on any atom is 0.198 e. The van der Waals surface area contributed by atoms with Gasteiger partial charge in [0.1, 0.15) is 5.82 Å². The summed E-state index contributed by atoms with van der Waals surface area (Å²) in [4.78, 5) is 11.8. The SMILES string of the molecule is Nc1n[nH]cc1C(=O)c1cccc(F)c1. The van der Waals surface area contributed by atoms with E-state index in [9.17, 15) is 9.18 Å². The molecule has 2 aromatic rings. The number of ketones is 1. The number of benzene rings is 1. The van der Waals surface area contributed by atoms with Crippen molar-refractivity contribution in [2.45, 2.75) is 0 Å². The van der Waals surface area contributed by atoms with Crippen LogP contribution in [0.4, 0.5) is 10.2 Å². The molecule has 0 saturated carbocycles. The summed E-state index contributed by atoms with van der Waals surface area (Å²) in [6.45, 7) is 0. The predicted octanol–water partition coefficient (Wildman–Crippen LogP) is 1.36. The minimum atomic E-state index is -0.456. The third kappa shape index (κ3) is 1.71. The number of nitrogens with one attached hydrogen (secondary N) is 1. The minimum Gasteiger partial charge on any atom is -0.382 e. The fraction of sp³-hybridized carbons (Fsp3) is 0. The summed E-state index contributed by atoms with van der Waals surface area (Å²) in [5.41, 5.74) is 5.96. The summed E-state index contributed by atoms with van der Waals surface area (Å²) < 4.78 is 12.9. The smallest absolute Gasteiger partial charge is 0.198 e. The number of anilines is 1. The number of hydrogen-bond donors (Lipinski definition) is 2. The normalized spacial score (nSPS) is 10.2. The molecule has 0 saturated heterocycles. The minimum absolute atomic E-state index is 0.115. The summed E-state index contributed by atoms with van der Waals surface area (Å²) in [5.74, 6) is -0.687. The van der Waals surface area contributed by atoms with Gasteiger partial charge in [-0.2, -0.15) is 5.10 Å². The van der Waals surface area contributed by atoms with E-state index in [0.717, 1.165) is 6.07 Å². The van der Waals surface area contributed by atoms with Crippen LogP contribution in [0.1, 0.15) is 15.9 Å². The molecule has 2 rings (SSSR count). The number of rotatable bonds is 2. The molecule has 1 heterocycles. The summed E-state index contributed by atoms with van der Waals surface area (Å²) in [7, 11) is 0. The third-order valence-electron chi connectivity index (χ3n) is 2.00. The number of nitrogens with zero attached hydrogens (tertiary/aromatic N) is 1. The highest BCUT2D eigenvalue weighted by Crippen LogP contribution is 2.14. The number of hydrogen-bond acceptors (Lipinski definition) is 3. The van der Waals surface area contributed by atoms with E-state index in [1.807, 2.05) is 0 Å². The van der Waals surface area contributed by atoms with Gasteiger partial charge in [-0.3, -0.25) is 9.89 Å². The van der Waals surface area contributed by atoms with E-state index in [4.69, 9.17) is 5.73 Å². The Kier molecular flexibility index (Phi) is 2.21. The molecule has 0 radical (unpaired) electrons. The van der Waals surface area contributed by atoms with E-state index in [-0.39, 0.29) is 22.7 Å². The lowest BCUT2D eigenvalue weighted by Crippen LogP contribution is -2.03. The van der Waals surface area contributed by atoms with Crippen LogP contribution in [0.3, 0.4) is 0 Å².